The molecule has 4 heteroatoms. The van der Waals surface area contributed by atoms with Crippen molar-refractivity contribution in [2.75, 3.05) is 0 Å². The number of aromatic nitrogens is 1. The lowest BCUT2D eigenvalue weighted by atomic mass is 9.97. The maximum atomic E-state index is 11.1. The molecule has 0 saturated heterocycles. The zero-order chi connectivity index (χ0) is 17.3. The van der Waals surface area contributed by atoms with Crippen molar-refractivity contribution < 1.29 is 9.90 Å². The topological polar surface area (TPSA) is 62.5 Å². The Labute approximate surface area is 141 Å². The van der Waals surface area contributed by atoms with Crippen molar-refractivity contribution in [2.24, 2.45) is 4.99 Å². The van der Waals surface area contributed by atoms with Gasteiger partial charge in [-0.3, -0.25) is 9.79 Å². The van der Waals surface area contributed by atoms with Crippen molar-refractivity contribution in [3.63, 3.8) is 0 Å². The quantitative estimate of drug-likeness (QED) is 0.919. The molecule has 0 fully saturated rings. The van der Waals surface area contributed by atoms with Crippen LogP contribution in [-0.2, 0) is 10.3 Å². The monoisotopic (exact) mass is 320 g/mol. The Morgan fingerprint density at radius 2 is 1.88 bits per heavy atom. The van der Waals surface area contributed by atoms with E-state index >= 15 is 0 Å². The number of benzene rings is 1. The number of aliphatic carboxylic acids is 1. The van der Waals surface area contributed by atoms with Gasteiger partial charge in [0.25, 0.3) is 0 Å². The Hall–Kier alpha value is -2.75. The van der Waals surface area contributed by atoms with Gasteiger partial charge in [-0.05, 0) is 50.6 Å². The van der Waals surface area contributed by atoms with Crippen LogP contribution < -0.4 is 0 Å². The Balaban J connectivity index is 1.93. The third kappa shape index (κ3) is 3.00. The fourth-order valence-corrected chi connectivity index (χ4v) is 2.83. The first kappa shape index (κ1) is 16.1. The fourth-order valence-electron chi connectivity index (χ4n) is 2.83. The van der Waals surface area contributed by atoms with E-state index in [4.69, 9.17) is 10.1 Å². The highest BCUT2D eigenvalue weighted by atomic mass is 16.4. The standard InChI is InChI=1S/C20H20N2O2/c1-13-11-12-20(3,22-13)18-6-4-5-17(21-18)16-9-7-15(8-10-16)14(2)19(23)24/h4-12,14H,1-3H3,(H,23,24). The van der Waals surface area contributed by atoms with E-state index in [2.05, 4.69) is 11.1 Å². The summed E-state index contributed by atoms with van der Waals surface area (Å²) in [5.41, 5.74) is 4.08. The van der Waals surface area contributed by atoms with Crippen LogP contribution in [0.5, 0.6) is 0 Å². The lowest BCUT2D eigenvalue weighted by Gasteiger charge is -2.19. The molecule has 2 unspecified atom stereocenters. The Morgan fingerprint density at radius 1 is 1.17 bits per heavy atom. The molecule has 2 atom stereocenters. The van der Waals surface area contributed by atoms with Crippen LogP contribution in [0.1, 0.15) is 37.9 Å². The largest absolute Gasteiger partial charge is 0.481 e. The summed E-state index contributed by atoms with van der Waals surface area (Å²) in [5, 5.41) is 9.10. The van der Waals surface area contributed by atoms with Gasteiger partial charge in [-0.25, -0.2) is 4.98 Å². The van der Waals surface area contributed by atoms with Crippen LogP contribution in [0.25, 0.3) is 11.3 Å². The van der Waals surface area contributed by atoms with Gasteiger partial charge in [0.1, 0.15) is 5.54 Å². The van der Waals surface area contributed by atoms with Gasteiger partial charge in [-0.1, -0.05) is 30.3 Å². The Bertz CT molecular complexity index is 837. The molecule has 24 heavy (non-hydrogen) atoms. The average molecular weight is 320 g/mol. The number of allylic oxidation sites excluding steroid dienone is 1. The summed E-state index contributed by atoms with van der Waals surface area (Å²) >= 11 is 0. The zero-order valence-electron chi connectivity index (χ0n) is 14.0. The molecule has 1 aliphatic rings. The summed E-state index contributed by atoms with van der Waals surface area (Å²) in [5.74, 6) is -1.34. The Kier molecular flexibility index (Phi) is 4.06. The molecule has 1 aromatic heterocycles. The lowest BCUT2D eigenvalue weighted by Crippen LogP contribution is -2.16. The molecule has 3 rings (SSSR count). The number of nitrogens with zero attached hydrogens (tertiary/aromatic N) is 2. The van der Waals surface area contributed by atoms with Gasteiger partial charge in [-0.15, -0.1) is 0 Å². The molecular formula is C20H20N2O2. The number of carbonyl (C=O) groups is 1. The second-order valence-corrected chi connectivity index (χ2v) is 6.32. The summed E-state index contributed by atoms with van der Waals surface area (Å²) in [6.07, 6.45) is 4.07. The van der Waals surface area contributed by atoms with E-state index in [9.17, 15) is 4.79 Å². The van der Waals surface area contributed by atoms with Crippen LogP contribution in [-0.4, -0.2) is 21.8 Å². The number of pyridine rings is 1. The highest BCUT2D eigenvalue weighted by molar-refractivity contribution is 5.95. The summed E-state index contributed by atoms with van der Waals surface area (Å²) in [6, 6.07) is 13.5. The predicted molar refractivity (Wildman–Crippen MR) is 95.3 cm³/mol. The molecule has 0 bridgehead atoms. The van der Waals surface area contributed by atoms with Crippen molar-refractivity contribution >= 4 is 11.7 Å². The highest BCUT2D eigenvalue weighted by Gasteiger charge is 2.27. The number of carboxylic acid groups (broad SMARTS) is 1. The molecule has 2 aromatic rings. The van der Waals surface area contributed by atoms with Crippen molar-refractivity contribution in [3.05, 3.63) is 65.9 Å². The molecule has 2 heterocycles. The minimum atomic E-state index is -0.822. The molecular weight excluding hydrogens is 300 g/mol. The van der Waals surface area contributed by atoms with Crippen LogP contribution in [0, 0.1) is 0 Å². The molecule has 0 aliphatic carbocycles. The molecule has 1 aromatic carbocycles. The number of carboxylic acids is 1. The van der Waals surface area contributed by atoms with E-state index in [-0.39, 0.29) is 0 Å². The molecule has 0 saturated carbocycles. The average Bonchev–Trinajstić information content (AvgIpc) is 2.95. The van der Waals surface area contributed by atoms with E-state index in [1.165, 1.54) is 0 Å². The van der Waals surface area contributed by atoms with E-state index < -0.39 is 17.4 Å². The first-order chi connectivity index (χ1) is 11.4. The van der Waals surface area contributed by atoms with Crippen molar-refractivity contribution in [1.29, 1.82) is 0 Å². The molecule has 4 nitrogen and oxygen atoms in total. The Morgan fingerprint density at radius 3 is 2.46 bits per heavy atom. The molecule has 1 aliphatic heterocycles. The number of hydrogen-bond acceptors (Lipinski definition) is 3. The predicted octanol–water partition coefficient (Wildman–Crippen LogP) is 4.18. The van der Waals surface area contributed by atoms with Crippen LogP contribution in [0.15, 0.2) is 59.6 Å². The van der Waals surface area contributed by atoms with Crippen LogP contribution in [0.4, 0.5) is 0 Å². The van der Waals surface area contributed by atoms with Crippen molar-refractivity contribution in [3.8, 4) is 11.3 Å². The maximum absolute atomic E-state index is 11.1. The van der Waals surface area contributed by atoms with Crippen molar-refractivity contribution in [2.45, 2.75) is 32.2 Å². The molecule has 0 amide bonds. The summed E-state index contributed by atoms with van der Waals surface area (Å²) in [6.45, 7) is 5.71. The molecule has 1 N–H and O–H groups in total. The van der Waals surface area contributed by atoms with Gasteiger partial charge in [0.05, 0.1) is 17.3 Å². The zero-order valence-corrected chi connectivity index (χ0v) is 14.0. The van der Waals surface area contributed by atoms with Gasteiger partial charge in [-0.2, -0.15) is 0 Å². The van der Waals surface area contributed by atoms with E-state index in [1.807, 2.05) is 62.4 Å². The third-order valence-electron chi connectivity index (χ3n) is 4.40. The second-order valence-electron chi connectivity index (χ2n) is 6.32. The molecule has 122 valence electrons. The van der Waals surface area contributed by atoms with Crippen LogP contribution >= 0.6 is 0 Å². The number of aliphatic imine (C=N–C) groups is 1. The van der Waals surface area contributed by atoms with Gasteiger partial charge in [0, 0.05) is 11.3 Å². The minimum Gasteiger partial charge on any atom is -0.481 e. The van der Waals surface area contributed by atoms with Gasteiger partial charge >= 0.3 is 5.97 Å². The smallest absolute Gasteiger partial charge is 0.310 e. The number of rotatable bonds is 4. The second kappa shape index (κ2) is 6.04. The summed E-state index contributed by atoms with van der Waals surface area (Å²) in [7, 11) is 0. The number of hydrogen-bond donors (Lipinski definition) is 1. The first-order valence-electron chi connectivity index (χ1n) is 7.95. The molecule has 0 radical (unpaired) electrons. The maximum Gasteiger partial charge on any atom is 0.310 e. The van der Waals surface area contributed by atoms with Gasteiger partial charge in [0.2, 0.25) is 0 Å². The summed E-state index contributed by atoms with van der Waals surface area (Å²) < 4.78 is 0. The minimum absolute atomic E-state index is 0.419. The lowest BCUT2D eigenvalue weighted by molar-refractivity contribution is -0.138. The van der Waals surface area contributed by atoms with Crippen molar-refractivity contribution in [1.82, 2.24) is 4.98 Å². The normalized spacial score (nSPS) is 20.7. The summed E-state index contributed by atoms with van der Waals surface area (Å²) in [4.78, 5) is 20.5. The van der Waals surface area contributed by atoms with Gasteiger partial charge in [0.15, 0.2) is 0 Å². The van der Waals surface area contributed by atoms with Gasteiger partial charge < -0.3 is 5.11 Å². The van der Waals surface area contributed by atoms with E-state index in [0.717, 1.165) is 28.2 Å². The molecule has 0 spiro atoms. The van der Waals surface area contributed by atoms with Crippen LogP contribution in [0.3, 0.4) is 0 Å². The first-order valence-corrected chi connectivity index (χ1v) is 7.95. The van der Waals surface area contributed by atoms with E-state index in [1.54, 1.807) is 6.92 Å². The fraction of sp³-hybridized carbons (Fsp3) is 0.250. The van der Waals surface area contributed by atoms with E-state index in [0.29, 0.717) is 0 Å². The highest BCUT2D eigenvalue weighted by Crippen LogP contribution is 2.31. The third-order valence-corrected chi connectivity index (χ3v) is 4.40. The SMILES string of the molecule is CC1=NC(C)(c2cccc(-c3ccc(C(C)C(=O)O)cc3)n2)C=C1. The van der Waals surface area contributed by atoms with Crippen LogP contribution in [0.2, 0.25) is 0 Å².